The number of benzene rings is 1. The van der Waals surface area contributed by atoms with Gasteiger partial charge in [0.25, 0.3) is 5.91 Å². The predicted octanol–water partition coefficient (Wildman–Crippen LogP) is 3.44. The molecule has 1 saturated carbocycles. The molecular weight excluding hydrogens is 342 g/mol. The fourth-order valence-corrected chi connectivity index (χ4v) is 4.55. The lowest BCUT2D eigenvalue weighted by molar-refractivity contribution is 0.0445. The summed E-state index contributed by atoms with van der Waals surface area (Å²) in [5.74, 6) is 0.250. The van der Waals surface area contributed by atoms with Gasteiger partial charge in [0.05, 0.1) is 12.1 Å². The first-order chi connectivity index (χ1) is 12.6. The Bertz CT molecular complexity index is 702. The summed E-state index contributed by atoms with van der Waals surface area (Å²) in [4.78, 5) is 24.7. The number of carbonyl (C=O) groups is 2. The fraction of sp³-hybridized carbons (Fsp3) is 0.619. The molecular formula is C21H33N3O3. The lowest BCUT2D eigenvalue weighted by atomic mass is 9.64. The zero-order chi connectivity index (χ0) is 20.2. The number of urea groups is 1. The molecule has 2 atom stereocenters. The lowest BCUT2D eigenvalue weighted by Gasteiger charge is -2.47. The predicted molar refractivity (Wildman–Crippen MR) is 108 cm³/mol. The van der Waals surface area contributed by atoms with Crippen molar-refractivity contribution >= 4 is 17.6 Å². The molecule has 1 aliphatic carbocycles. The normalized spacial score (nSPS) is 24.1. The summed E-state index contributed by atoms with van der Waals surface area (Å²) in [6.07, 6.45) is 2.55. The van der Waals surface area contributed by atoms with Crippen LogP contribution in [0.2, 0.25) is 0 Å². The molecule has 6 heteroatoms. The van der Waals surface area contributed by atoms with E-state index in [1.165, 1.54) is 0 Å². The molecule has 0 bridgehead atoms. The molecule has 0 radical (unpaired) electrons. The number of aliphatic hydroxyl groups excluding tert-OH is 1. The maximum Gasteiger partial charge on any atom is 0.319 e. The zero-order valence-corrected chi connectivity index (χ0v) is 17.1. The molecule has 2 unspecified atom stereocenters. The SMILES string of the molecule is CCNC(=O)c1ccc(C)c(NC(=O)NC2(CO)CC(C)CC(C)(C)C2)c1. The molecule has 3 amide bonds. The van der Waals surface area contributed by atoms with Gasteiger partial charge in [-0.3, -0.25) is 4.79 Å². The highest BCUT2D eigenvalue weighted by atomic mass is 16.3. The number of aliphatic hydroxyl groups is 1. The summed E-state index contributed by atoms with van der Waals surface area (Å²) in [6.45, 7) is 10.7. The maximum atomic E-state index is 12.7. The number of rotatable bonds is 5. The minimum atomic E-state index is -0.629. The van der Waals surface area contributed by atoms with E-state index in [1.807, 2.05) is 19.9 Å². The van der Waals surface area contributed by atoms with E-state index in [4.69, 9.17) is 0 Å². The maximum absolute atomic E-state index is 12.7. The third kappa shape index (κ3) is 5.45. The van der Waals surface area contributed by atoms with Crippen LogP contribution in [0.5, 0.6) is 0 Å². The van der Waals surface area contributed by atoms with Gasteiger partial charge in [0.2, 0.25) is 0 Å². The highest BCUT2D eigenvalue weighted by Crippen LogP contribution is 2.43. The van der Waals surface area contributed by atoms with Gasteiger partial charge in [0, 0.05) is 17.8 Å². The van der Waals surface area contributed by atoms with Crippen LogP contribution in [0.1, 0.15) is 62.9 Å². The summed E-state index contributed by atoms with van der Waals surface area (Å²) < 4.78 is 0. The Balaban J connectivity index is 2.14. The minimum Gasteiger partial charge on any atom is -0.394 e. The number of amides is 3. The Morgan fingerprint density at radius 3 is 2.56 bits per heavy atom. The molecule has 1 aliphatic rings. The largest absolute Gasteiger partial charge is 0.394 e. The summed E-state index contributed by atoms with van der Waals surface area (Å²) in [5.41, 5.74) is 1.39. The highest BCUT2D eigenvalue weighted by Gasteiger charge is 2.43. The Morgan fingerprint density at radius 2 is 1.96 bits per heavy atom. The average molecular weight is 376 g/mol. The van der Waals surface area contributed by atoms with Crippen LogP contribution in [0.4, 0.5) is 10.5 Å². The number of hydrogen-bond acceptors (Lipinski definition) is 3. The van der Waals surface area contributed by atoms with Gasteiger partial charge in [-0.1, -0.05) is 26.8 Å². The van der Waals surface area contributed by atoms with E-state index in [2.05, 4.69) is 36.7 Å². The van der Waals surface area contributed by atoms with Crippen molar-refractivity contribution in [3.63, 3.8) is 0 Å². The van der Waals surface area contributed by atoms with Crippen molar-refractivity contribution in [1.82, 2.24) is 10.6 Å². The molecule has 150 valence electrons. The van der Waals surface area contributed by atoms with Crippen LogP contribution >= 0.6 is 0 Å². The Hall–Kier alpha value is -2.08. The van der Waals surface area contributed by atoms with Crippen LogP contribution in [0.3, 0.4) is 0 Å². The van der Waals surface area contributed by atoms with Crippen molar-refractivity contribution in [2.24, 2.45) is 11.3 Å². The van der Waals surface area contributed by atoms with Gasteiger partial charge in [0.1, 0.15) is 0 Å². The highest BCUT2D eigenvalue weighted by molar-refractivity contribution is 5.97. The first-order valence-electron chi connectivity index (χ1n) is 9.68. The molecule has 1 aromatic rings. The minimum absolute atomic E-state index is 0.0573. The van der Waals surface area contributed by atoms with Crippen LogP contribution in [0.15, 0.2) is 18.2 Å². The average Bonchev–Trinajstić information content (AvgIpc) is 2.55. The molecule has 2 rings (SSSR count). The van der Waals surface area contributed by atoms with Gasteiger partial charge >= 0.3 is 6.03 Å². The second kappa shape index (κ2) is 8.30. The molecule has 0 aliphatic heterocycles. The third-order valence-corrected chi connectivity index (χ3v) is 5.22. The van der Waals surface area contributed by atoms with Crippen molar-refractivity contribution in [3.8, 4) is 0 Å². The van der Waals surface area contributed by atoms with Crippen LogP contribution in [-0.2, 0) is 0 Å². The van der Waals surface area contributed by atoms with Gasteiger partial charge in [-0.05, 0) is 62.1 Å². The van der Waals surface area contributed by atoms with E-state index in [0.717, 1.165) is 24.8 Å². The lowest BCUT2D eigenvalue weighted by Crippen LogP contribution is -2.58. The van der Waals surface area contributed by atoms with Crippen molar-refractivity contribution in [2.75, 3.05) is 18.5 Å². The standard InChI is InChI=1S/C21H33N3O3/c1-6-22-18(26)16-8-7-15(3)17(9-16)23-19(27)24-21(13-25)11-14(2)10-20(4,5)12-21/h7-9,14,25H,6,10-13H2,1-5H3,(H,22,26)(H2,23,24,27). The van der Waals surface area contributed by atoms with Crippen molar-refractivity contribution < 1.29 is 14.7 Å². The van der Waals surface area contributed by atoms with Crippen molar-refractivity contribution in [1.29, 1.82) is 0 Å². The van der Waals surface area contributed by atoms with E-state index in [-0.39, 0.29) is 24.0 Å². The van der Waals surface area contributed by atoms with Gasteiger partial charge < -0.3 is 21.1 Å². The van der Waals surface area contributed by atoms with E-state index in [0.29, 0.717) is 23.7 Å². The smallest absolute Gasteiger partial charge is 0.319 e. The summed E-state index contributed by atoms with van der Waals surface area (Å²) >= 11 is 0. The number of anilines is 1. The second-order valence-electron chi connectivity index (χ2n) is 8.76. The van der Waals surface area contributed by atoms with Gasteiger partial charge in [-0.15, -0.1) is 0 Å². The monoisotopic (exact) mass is 375 g/mol. The Morgan fingerprint density at radius 1 is 1.26 bits per heavy atom. The first-order valence-corrected chi connectivity index (χ1v) is 9.68. The topological polar surface area (TPSA) is 90.5 Å². The number of carbonyl (C=O) groups excluding carboxylic acids is 2. The zero-order valence-electron chi connectivity index (χ0n) is 17.1. The van der Waals surface area contributed by atoms with Gasteiger partial charge in [-0.25, -0.2) is 4.79 Å². The summed E-state index contributed by atoms with van der Waals surface area (Å²) in [7, 11) is 0. The van der Waals surface area contributed by atoms with Crippen molar-refractivity contribution in [2.45, 2.75) is 59.4 Å². The number of nitrogens with one attached hydrogen (secondary N) is 3. The van der Waals surface area contributed by atoms with Gasteiger partial charge in [0.15, 0.2) is 0 Å². The molecule has 0 spiro atoms. The molecule has 6 nitrogen and oxygen atoms in total. The van der Waals surface area contributed by atoms with E-state index < -0.39 is 5.54 Å². The molecule has 27 heavy (non-hydrogen) atoms. The molecule has 0 heterocycles. The third-order valence-electron chi connectivity index (χ3n) is 5.22. The van der Waals surface area contributed by atoms with Crippen LogP contribution < -0.4 is 16.0 Å². The molecule has 0 saturated heterocycles. The molecule has 1 aromatic carbocycles. The van der Waals surface area contributed by atoms with Gasteiger partial charge in [-0.2, -0.15) is 0 Å². The molecule has 4 N–H and O–H groups in total. The van der Waals surface area contributed by atoms with Crippen LogP contribution in [0, 0.1) is 18.3 Å². The Kier molecular flexibility index (Phi) is 6.52. The summed E-state index contributed by atoms with van der Waals surface area (Å²) in [6, 6.07) is 4.88. The van der Waals surface area contributed by atoms with Crippen molar-refractivity contribution in [3.05, 3.63) is 29.3 Å². The molecule has 1 fully saturated rings. The second-order valence-corrected chi connectivity index (χ2v) is 8.76. The van der Waals surface area contributed by atoms with Crippen LogP contribution in [-0.4, -0.2) is 35.7 Å². The first kappa shape index (κ1) is 21.2. The quantitative estimate of drug-likeness (QED) is 0.635. The number of hydrogen-bond donors (Lipinski definition) is 4. The van der Waals surface area contributed by atoms with E-state index in [1.54, 1.807) is 12.1 Å². The fourth-order valence-electron chi connectivity index (χ4n) is 4.55. The molecule has 0 aromatic heterocycles. The van der Waals surface area contributed by atoms with E-state index in [9.17, 15) is 14.7 Å². The Labute approximate surface area is 162 Å². The van der Waals surface area contributed by atoms with Crippen LogP contribution in [0.25, 0.3) is 0 Å². The van der Waals surface area contributed by atoms with E-state index >= 15 is 0 Å². The summed E-state index contributed by atoms with van der Waals surface area (Å²) in [5, 5.41) is 18.7. The number of aryl methyl sites for hydroxylation is 1.